The van der Waals surface area contributed by atoms with E-state index in [0.29, 0.717) is 17.6 Å². The van der Waals surface area contributed by atoms with Gasteiger partial charge in [0, 0.05) is 17.2 Å². The van der Waals surface area contributed by atoms with Crippen LogP contribution in [0.3, 0.4) is 0 Å². The van der Waals surface area contributed by atoms with Gasteiger partial charge in [-0.2, -0.15) is 11.8 Å². The molecule has 0 saturated carbocycles. The zero-order valence-electron chi connectivity index (χ0n) is 10.4. The standard InChI is InChI=1S/C11H18N2O2S2/c1-4-15-10(14)9-7-17-11(13-9)12-6-5-8(2)16-3/h7-8H,4-6H2,1-3H3,(H,12,13). The molecule has 0 spiro atoms. The monoisotopic (exact) mass is 274 g/mol. The number of hydrogen-bond donors (Lipinski definition) is 1. The van der Waals surface area contributed by atoms with Crippen LogP contribution in [0.15, 0.2) is 5.38 Å². The van der Waals surface area contributed by atoms with Crippen LogP contribution in [-0.2, 0) is 4.74 Å². The Morgan fingerprint density at radius 2 is 2.47 bits per heavy atom. The number of nitrogens with one attached hydrogen (secondary N) is 1. The Labute approximate surface area is 110 Å². The summed E-state index contributed by atoms with van der Waals surface area (Å²) in [7, 11) is 0. The first-order valence-electron chi connectivity index (χ1n) is 5.56. The summed E-state index contributed by atoms with van der Waals surface area (Å²) in [4.78, 5) is 15.6. The molecule has 1 atom stereocenters. The van der Waals surface area contributed by atoms with Crippen molar-refractivity contribution in [2.45, 2.75) is 25.5 Å². The van der Waals surface area contributed by atoms with Gasteiger partial charge in [-0.3, -0.25) is 0 Å². The van der Waals surface area contributed by atoms with Gasteiger partial charge in [-0.15, -0.1) is 11.3 Å². The lowest BCUT2D eigenvalue weighted by Crippen LogP contribution is -2.08. The zero-order chi connectivity index (χ0) is 12.7. The lowest BCUT2D eigenvalue weighted by Gasteiger charge is -2.07. The summed E-state index contributed by atoms with van der Waals surface area (Å²) in [5.41, 5.74) is 0.386. The minimum atomic E-state index is -0.353. The Bertz CT molecular complexity index is 355. The van der Waals surface area contributed by atoms with E-state index in [2.05, 4.69) is 23.5 Å². The molecular weight excluding hydrogens is 256 g/mol. The number of rotatable bonds is 7. The summed E-state index contributed by atoms with van der Waals surface area (Å²) in [5, 5.41) is 6.34. The van der Waals surface area contributed by atoms with Crippen LogP contribution < -0.4 is 5.32 Å². The average Bonchev–Trinajstić information content (AvgIpc) is 2.78. The van der Waals surface area contributed by atoms with Gasteiger partial charge in [0.25, 0.3) is 0 Å². The van der Waals surface area contributed by atoms with Crippen molar-refractivity contribution in [1.82, 2.24) is 4.98 Å². The van der Waals surface area contributed by atoms with Crippen LogP contribution >= 0.6 is 23.1 Å². The van der Waals surface area contributed by atoms with Gasteiger partial charge >= 0.3 is 5.97 Å². The Morgan fingerprint density at radius 3 is 3.12 bits per heavy atom. The number of thioether (sulfide) groups is 1. The highest BCUT2D eigenvalue weighted by molar-refractivity contribution is 7.99. The van der Waals surface area contributed by atoms with Gasteiger partial charge in [0.15, 0.2) is 10.8 Å². The summed E-state index contributed by atoms with van der Waals surface area (Å²) in [6, 6.07) is 0. The third-order valence-corrected chi connectivity index (χ3v) is 4.06. The van der Waals surface area contributed by atoms with Gasteiger partial charge in [0.1, 0.15) is 0 Å². The normalized spacial score (nSPS) is 12.2. The molecule has 1 N–H and O–H groups in total. The zero-order valence-corrected chi connectivity index (χ0v) is 12.0. The van der Waals surface area contributed by atoms with Crippen molar-refractivity contribution < 1.29 is 9.53 Å². The molecule has 1 rings (SSSR count). The largest absolute Gasteiger partial charge is 0.461 e. The summed E-state index contributed by atoms with van der Waals surface area (Å²) in [6.07, 6.45) is 3.18. The number of esters is 1. The van der Waals surface area contributed by atoms with E-state index in [9.17, 15) is 4.79 Å². The quantitative estimate of drug-likeness (QED) is 0.775. The van der Waals surface area contributed by atoms with Crippen LogP contribution in [0.4, 0.5) is 5.13 Å². The van der Waals surface area contributed by atoms with E-state index >= 15 is 0 Å². The van der Waals surface area contributed by atoms with E-state index in [1.807, 2.05) is 11.8 Å². The molecule has 1 heterocycles. The molecule has 0 fully saturated rings. The third kappa shape index (κ3) is 4.95. The Balaban J connectivity index is 2.38. The molecule has 0 aliphatic heterocycles. The van der Waals surface area contributed by atoms with Crippen LogP contribution in [0.2, 0.25) is 0 Å². The second-order valence-electron chi connectivity index (χ2n) is 3.52. The topological polar surface area (TPSA) is 51.2 Å². The second kappa shape index (κ2) is 7.55. The Morgan fingerprint density at radius 1 is 1.71 bits per heavy atom. The molecule has 0 saturated heterocycles. The number of ether oxygens (including phenoxy) is 1. The molecule has 0 aliphatic carbocycles. The molecule has 17 heavy (non-hydrogen) atoms. The molecule has 1 aromatic heterocycles. The predicted octanol–water partition coefficient (Wildman–Crippen LogP) is 2.87. The number of carbonyl (C=O) groups is 1. The predicted molar refractivity (Wildman–Crippen MR) is 74.2 cm³/mol. The maximum Gasteiger partial charge on any atom is 0.357 e. The number of hydrogen-bond acceptors (Lipinski definition) is 6. The van der Waals surface area contributed by atoms with Crippen molar-refractivity contribution >= 4 is 34.2 Å². The van der Waals surface area contributed by atoms with Crippen LogP contribution in [0.25, 0.3) is 0 Å². The fourth-order valence-corrected chi connectivity index (χ4v) is 2.22. The highest BCUT2D eigenvalue weighted by Gasteiger charge is 2.11. The molecule has 0 aliphatic rings. The van der Waals surface area contributed by atoms with E-state index in [-0.39, 0.29) is 5.97 Å². The highest BCUT2D eigenvalue weighted by atomic mass is 32.2. The van der Waals surface area contributed by atoms with Crippen LogP contribution in [-0.4, -0.2) is 35.6 Å². The van der Waals surface area contributed by atoms with E-state index in [1.54, 1.807) is 12.3 Å². The van der Waals surface area contributed by atoms with Gasteiger partial charge < -0.3 is 10.1 Å². The van der Waals surface area contributed by atoms with E-state index < -0.39 is 0 Å². The first kappa shape index (κ1) is 14.3. The smallest absolute Gasteiger partial charge is 0.357 e. The number of thiazole rings is 1. The summed E-state index contributed by atoms with van der Waals surface area (Å²) < 4.78 is 4.88. The molecule has 1 aromatic rings. The maximum absolute atomic E-state index is 11.4. The highest BCUT2D eigenvalue weighted by Crippen LogP contribution is 2.17. The molecule has 96 valence electrons. The van der Waals surface area contributed by atoms with Crippen molar-refractivity contribution in [2.24, 2.45) is 0 Å². The van der Waals surface area contributed by atoms with Gasteiger partial charge in [0.05, 0.1) is 6.61 Å². The van der Waals surface area contributed by atoms with Crippen LogP contribution in [0, 0.1) is 0 Å². The molecule has 4 nitrogen and oxygen atoms in total. The fourth-order valence-electron chi connectivity index (χ4n) is 1.15. The summed E-state index contributed by atoms with van der Waals surface area (Å²) >= 11 is 3.28. The van der Waals surface area contributed by atoms with Gasteiger partial charge in [-0.1, -0.05) is 6.92 Å². The lowest BCUT2D eigenvalue weighted by molar-refractivity contribution is 0.0520. The SMILES string of the molecule is CCOC(=O)c1csc(NCCC(C)SC)n1. The molecule has 1 unspecified atom stereocenters. The van der Waals surface area contributed by atoms with Crippen LogP contribution in [0.5, 0.6) is 0 Å². The molecule has 0 radical (unpaired) electrons. The average molecular weight is 274 g/mol. The van der Waals surface area contributed by atoms with Crippen molar-refractivity contribution in [3.05, 3.63) is 11.1 Å². The van der Waals surface area contributed by atoms with Crippen LogP contribution in [0.1, 0.15) is 30.8 Å². The molecule has 6 heteroatoms. The number of anilines is 1. The van der Waals surface area contributed by atoms with Crippen molar-refractivity contribution in [3.63, 3.8) is 0 Å². The molecule has 0 bridgehead atoms. The van der Waals surface area contributed by atoms with E-state index in [1.165, 1.54) is 11.3 Å². The van der Waals surface area contributed by atoms with Crippen molar-refractivity contribution in [3.8, 4) is 0 Å². The minimum absolute atomic E-state index is 0.353. The summed E-state index contributed by atoms with van der Waals surface area (Å²) in [6.45, 7) is 5.23. The molecular formula is C11H18N2O2S2. The number of nitrogens with zero attached hydrogens (tertiary/aromatic N) is 1. The lowest BCUT2D eigenvalue weighted by atomic mass is 10.3. The number of aromatic nitrogens is 1. The second-order valence-corrected chi connectivity index (χ2v) is 5.65. The first-order chi connectivity index (χ1) is 8.17. The number of carbonyl (C=O) groups excluding carboxylic acids is 1. The Hall–Kier alpha value is -0.750. The fraction of sp³-hybridized carbons (Fsp3) is 0.636. The van der Waals surface area contributed by atoms with Crippen molar-refractivity contribution in [2.75, 3.05) is 24.7 Å². The molecule has 0 aromatic carbocycles. The maximum atomic E-state index is 11.4. The minimum Gasteiger partial charge on any atom is -0.461 e. The van der Waals surface area contributed by atoms with E-state index in [0.717, 1.165) is 18.1 Å². The van der Waals surface area contributed by atoms with Gasteiger partial charge in [0.2, 0.25) is 0 Å². The third-order valence-electron chi connectivity index (χ3n) is 2.22. The van der Waals surface area contributed by atoms with Crippen molar-refractivity contribution in [1.29, 1.82) is 0 Å². The van der Waals surface area contributed by atoms with Gasteiger partial charge in [-0.05, 0) is 19.6 Å². The molecule has 0 amide bonds. The van der Waals surface area contributed by atoms with Gasteiger partial charge in [-0.25, -0.2) is 9.78 Å². The Kier molecular flexibility index (Phi) is 6.36. The van der Waals surface area contributed by atoms with E-state index in [4.69, 9.17) is 4.74 Å². The summed E-state index contributed by atoms with van der Waals surface area (Å²) in [5.74, 6) is -0.353. The first-order valence-corrected chi connectivity index (χ1v) is 7.73.